The van der Waals surface area contributed by atoms with Gasteiger partial charge in [0.2, 0.25) is 5.88 Å². The largest absolute Gasteiger partial charge is 0.476 e. The number of aromatic nitrogens is 2. The lowest BCUT2D eigenvalue weighted by atomic mass is 9.94. The standard InChI is InChI=1S/C21H26FN5O3S/c1-21(2)10-27-19(30-11-21)17(9-24-27)31(23,29)26-20(28)25-18-15-5-3-4-12(15)6-13-7-14(22)8-16(13)18/h6,9,14H,3-5,7-8,10-11H2,1-2H3,(H3,23,25,26,28,29)/t14-,31?/m1/s1. The Morgan fingerprint density at radius 3 is 2.94 bits per heavy atom. The fourth-order valence-electron chi connectivity index (χ4n) is 4.80. The van der Waals surface area contributed by atoms with Gasteiger partial charge in [0.05, 0.1) is 19.3 Å². The fourth-order valence-corrected chi connectivity index (χ4v) is 5.83. The molecule has 10 heteroatoms. The molecule has 0 spiro atoms. The van der Waals surface area contributed by atoms with Crippen LogP contribution in [0.5, 0.6) is 5.88 Å². The quantitative estimate of drug-likeness (QED) is 0.670. The topological polar surface area (TPSA) is 109 Å². The van der Waals surface area contributed by atoms with Crippen molar-refractivity contribution in [3.8, 4) is 5.88 Å². The maximum Gasteiger partial charge on any atom is 0.331 e. The Labute approximate surface area is 180 Å². The van der Waals surface area contributed by atoms with Crippen LogP contribution in [0.25, 0.3) is 0 Å². The van der Waals surface area contributed by atoms with Gasteiger partial charge in [-0.1, -0.05) is 19.9 Å². The van der Waals surface area contributed by atoms with E-state index in [-0.39, 0.29) is 22.6 Å². The number of ether oxygens (including phenoxy) is 1. The zero-order valence-electron chi connectivity index (χ0n) is 17.6. The molecular formula is C21H26FN5O3S. The number of alkyl halides is 1. The van der Waals surface area contributed by atoms with Crippen molar-refractivity contribution in [2.75, 3.05) is 11.9 Å². The second kappa shape index (κ2) is 6.94. The van der Waals surface area contributed by atoms with Gasteiger partial charge in [-0.25, -0.2) is 27.6 Å². The van der Waals surface area contributed by atoms with Gasteiger partial charge in [-0.05, 0) is 41.5 Å². The first-order valence-electron chi connectivity index (χ1n) is 10.5. The molecule has 0 saturated carbocycles. The summed E-state index contributed by atoms with van der Waals surface area (Å²) < 4.78 is 45.1. The molecule has 2 amide bonds. The van der Waals surface area contributed by atoms with E-state index in [9.17, 15) is 13.4 Å². The van der Waals surface area contributed by atoms with Gasteiger partial charge in [0.1, 0.15) is 11.1 Å². The first kappa shape index (κ1) is 20.3. The summed E-state index contributed by atoms with van der Waals surface area (Å²) in [5, 5.41) is 6.98. The molecule has 166 valence electrons. The number of carbonyl (C=O) groups is 1. The lowest BCUT2D eigenvalue weighted by molar-refractivity contribution is 0.0971. The van der Waals surface area contributed by atoms with Crippen LogP contribution in [0.15, 0.2) is 17.2 Å². The number of rotatable bonds is 3. The molecule has 1 aromatic heterocycles. The molecule has 1 aromatic carbocycles. The molecule has 2 aromatic rings. The molecule has 0 radical (unpaired) electrons. The lowest BCUT2D eigenvalue weighted by Gasteiger charge is -2.30. The normalized spacial score (nSPS) is 22.6. The first-order valence-corrected chi connectivity index (χ1v) is 12.1. The van der Waals surface area contributed by atoms with Gasteiger partial charge in [0.15, 0.2) is 9.92 Å². The molecule has 0 fully saturated rings. The number of fused-ring (bicyclic) bond motifs is 3. The Morgan fingerprint density at radius 1 is 1.32 bits per heavy atom. The monoisotopic (exact) mass is 447 g/mol. The third-order valence-electron chi connectivity index (χ3n) is 6.19. The second-order valence-electron chi connectivity index (χ2n) is 9.42. The molecular weight excluding hydrogens is 421 g/mol. The van der Waals surface area contributed by atoms with Gasteiger partial charge in [-0.3, -0.25) is 0 Å². The Bertz CT molecular complexity index is 1190. The maximum absolute atomic E-state index is 14.1. The van der Waals surface area contributed by atoms with E-state index in [2.05, 4.69) is 21.2 Å². The van der Waals surface area contributed by atoms with Crippen LogP contribution >= 0.6 is 0 Å². The summed E-state index contributed by atoms with van der Waals surface area (Å²) in [6, 6.07) is 1.31. The van der Waals surface area contributed by atoms with E-state index >= 15 is 0 Å². The van der Waals surface area contributed by atoms with Crippen molar-refractivity contribution >= 4 is 21.6 Å². The molecule has 0 bridgehead atoms. The van der Waals surface area contributed by atoms with E-state index in [1.807, 2.05) is 13.8 Å². The van der Waals surface area contributed by atoms with Gasteiger partial charge in [-0.15, -0.1) is 0 Å². The molecule has 31 heavy (non-hydrogen) atoms. The van der Waals surface area contributed by atoms with Crippen LogP contribution in [0, 0.1) is 10.2 Å². The van der Waals surface area contributed by atoms with Gasteiger partial charge >= 0.3 is 6.03 Å². The summed E-state index contributed by atoms with van der Waals surface area (Å²) >= 11 is 0. The van der Waals surface area contributed by atoms with Crippen LogP contribution in [0.3, 0.4) is 0 Å². The molecule has 2 heterocycles. The number of hydrogen-bond donors (Lipinski definition) is 3. The van der Waals surface area contributed by atoms with E-state index in [1.54, 1.807) is 4.68 Å². The van der Waals surface area contributed by atoms with Crippen molar-refractivity contribution in [1.29, 1.82) is 4.78 Å². The minimum Gasteiger partial charge on any atom is -0.476 e. The van der Waals surface area contributed by atoms with E-state index in [4.69, 9.17) is 9.52 Å². The van der Waals surface area contributed by atoms with Crippen LogP contribution in [0.2, 0.25) is 0 Å². The Morgan fingerprint density at radius 2 is 2.13 bits per heavy atom. The number of halogens is 1. The fraction of sp³-hybridized carbons (Fsp3) is 0.524. The van der Waals surface area contributed by atoms with Crippen molar-refractivity contribution in [2.24, 2.45) is 5.41 Å². The molecule has 3 aliphatic rings. The first-order chi connectivity index (χ1) is 14.6. The number of nitrogens with one attached hydrogen (secondary N) is 3. The summed E-state index contributed by atoms with van der Waals surface area (Å²) in [5.74, 6) is 0.251. The summed E-state index contributed by atoms with van der Waals surface area (Å²) in [7, 11) is -3.70. The van der Waals surface area contributed by atoms with Crippen LogP contribution in [-0.4, -0.2) is 32.8 Å². The van der Waals surface area contributed by atoms with Gasteiger partial charge in [0.25, 0.3) is 0 Å². The molecule has 5 rings (SSSR count). The SMILES string of the molecule is CC1(C)COc2c(S(=N)(=O)NC(=O)Nc3c4c(cc5c3C[C@H](F)C5)CCC4)cnn2C1. The predicted molar refractivity (Wildman–Crippen MR) is 114 cm³/mol. The smallest absolute Gasteiger partial charge is 0.331 e. The predicted octanol–water partition coefficient (Wildman–Crippen LogP) is 3.37. The van der Waals surface area contributed by atoms with Crippen LogP contribution in [0.1, 0.15) is 42.5 Å². The zero-order chi connectivity index (χ0) is 22.0. The number of anilines is 1. The number of nitrogens with zero attached hydrogens (tertiary/aromatic N) is 2. The molecule has 2 atom stereocenters. The van der Waals surface area contributed by atoms with Gasteiger partial charge in [0, 0.05) is 23.9 Å². The van der Waals surface area contributed by atoms with E-state index in [0.717, 1.165) is 41.5 Å². The third-order valence-corrected chi connectivity index (χ3v) is 7.56. The van der Waals surface area contributed by atoms with Crippen molar-refractivity contribution < 1.29 is 18.1 Å². The number of aryl methyl sites for hydroxylation is 1. The molecule has 2 aliphatic carbocycles. The van der Waals surface area contributed by atoms with Crippen LogP contribution in [0.4, 0.5) is 14.9 Å². The van der Waals surface area contributed by atoms with E-state index in [1.165, 1.54) is 6.20 Å². The third kappa shape index (κ3) is 3.56. The van der Waals surface area contributed by atoms with E-state index in [0.29, 0.717) is 25.3 Å². The average molecular weight is 448 g/mol. The van der Waals surface area contributed by atoms with Crippen LogP contribution in [-0.2, 0) is 42.1 Å². The number of benzene rings is 1. The highest BCUT2D eigenvalue weighted by Gasteiger charge is 2.33. The molecule has 3 N–H and O–H groups in total. The summed E-state index contributed by atoms with van der Waals surface area (Å²) in [5.41, 5.74) is 4.38. The minimum absolute atomic E-state index is 0.0468. The highest BCUT2D eigenvalue weighted by molar-refractivity contribution is 7.91. The highest BCUT2D eigenvalue weighted by Crippen LogP contribution is 2.39. The Kier molecular flexibility index (Phi) is 4.55. The number of urea groups is 1. The number of hydrogen-bond acceptors (Lipinski definition) is 5. The van der Waals surface area contributed by atoms with Crippen molar-refractivity contribution in [2.45, 2.75) is 63.6 Å². The number of amides is 2. The summed E-state index contributed by atoms with van der Waals surface area (Å²) in [6.07, 6.45) is 3.67. The maximum atomic E-state index is 14.1. The average Bonchev–Trinajstić information content (AvgIpc) is 3.37. The number of carbonyl (C=O) groups excluding carboxylic acids is 1. The highest BCUT2D eigenvalue weighted by atomic mass is 32.2. The molecule has 8 nitrogen and oxygen atoms in total. The Balaban J connectivity index is 1.40. The lowest BCUT2D eigenvalue weighted by Crippen LogP contribution is -2.36. The van der Waals surface area contributed by atoms with Crippen LogP contribution < -0.4 is 14.8 Å². The van der Waals surface area contributed by atoms with Gasteiger partial charge < -0.3 is 10.1 Å². The zero-order valence-corrected chi connectivity index (χ0v) is 18.4. The second-order valence-corrected chi connectivity index (χ2v) is 11.2. The molecule has 1 aliphatic heterocycles. The molecule has 1 unspecified atom stereocenters. The molecule has 0 saturated heterocycles. The minimum atomic E-state index is -3.70. The summed E-state index contributed by atoms with van der Waals surface area (Å²) in [4.78, 5) is 12.8. The van der Waals surface area contributed by atoms with Gasteiger partial charge in [-0.2, -0.15) is 5.10 Å². The van der Waals surface area contributed by atoms with Crippen molar-refractivity contribution in [3.05, 3.63) is 34.5 Å². The van der Waals surface area contributed by atoms with E-state index < -0.39 is 22.1 Å². The summed E-state index contributed by atoms with van der Waals surface area (Å²) in [6.45, 7) is 5.02. The van der Waals surface area contributed by atoms with Crippen molar-refractivity contribution in [1.82, 2.24) is 14.5 Å². The Hall–Kier alpha value is -2.62. The van der Waals surface area contributed by atoms with Crippen molar-refractivity contribution in [3.63, 3.8) is 0 Å².